The number of ether oxygens (including phenoxy) is 6. The van der Waals surface area contributed by atoms with Crippen molar-refractivity contribution in [1.29, 1.82) is 0 Å². The number of carboxylic acid groups (broad SMARTS) is 1. The van der Waals surface area contributed by atoms with E-state index in [0.717, 1.165) is 38.5 Å². The van der Waals surface area contributed by atoms with Crippen molar-refractivity contribution in [3.05, 3.63) is 0 Å². The average Bonchev–Trinajstić information content (AvgIpc) is 3.48. The summed E-state index contributed by atoms with van der Waals surface area (Å²) in [5.74, 6) is -2.52. The summed E-state index contributed by atoms with van der Waals surface area (Å²) in [5.41, 5.74) is -1.20. The van der Waals surface area contributed by atoms with Gasteiger partial charge in [0.25, 0.3) is 0 Å². The first kappa shape index (κ1) is 37.1. The van der Waals surface area contributed by atoms with Gasteiger partial charge in [-0.05, 0) is 76.0 Å². The molecule has 2 aliphatic carbocycles. The lowest BCUT2D eigenvalue weighted by atomic mass is 9.58. The molecule has 52 heavy (non-hydrogen) atoms. The molecule has 0 amide bonds. The van der Waals surface area contributed by atoms with E-state index in [9.17, 15) is 9.59 Å². The van der Waals surface area contributed by atoms with Gasteiger partial charge in [-0.3, -0.25) is 4.79 Å². The van der Waals surface area contributed by atoms with Gasteiger partial charge in [0.15, 0.2) is 36.4 Å². The van der Waals surface area contributed by atoms with Crippen molar-refractivity contribution in [2.45, 2.75) is 154 Å². The average molecular weight is 738 g/mol. The minimum atomic E-state index is -1.11. The normalized spacial score (nSPS) is 50.8. The van der Waals surface area contributed by atoms with Crippen LogP contribution in [0.1, 0.15) is 106 Å². The first-order valence-corrected chi connectivity index (χ1v) is 19.4. The lowest BCUT2D eigenvalue weighted by molar-refractivity contribution is -0.577. The summed E-state index contributed by atoms with van der Waals surface area (Å²) in [6.07, 6.45) is 3.70. The molecule has 16 atom stereocenters. The van der Waals surface area contributed by atoms with E-state index < -0.39 is 59.9 Å². The number of oxime groups is 1. The Balaban J connectivity index is 0.987. The number of fused-ring (bicyclic) bond motifs is 4. The first-order valence-electron chi connectivity index (χ1n) is 19.4. The van der Waals surface area contributed by atoms with Crippen molar-refractivity contribution in [1.82, 2.24) is 0 Å². The van der Waals surface area contributed by atoms with E-state index in [1.807, 2.05) is 13.8 Å². The second kappa shape index (κ2) is 13.7. The summed E-state index contributed by atoms with van der Waals surface area (Å²) in [5, 5.41) is 13.2. The van der Waals surface area contributed by atoms with Crippen LogP contribution in [-0.4, -0.2) is 83.9 Å². The van der Waals surface area contributed by atoms with E-state index in [1.54, 1.807) is 0 Å². The number of carbonyl (C=O) groups excluding carboxylic acids is 1. The van der Waals surface area contributed by atoms with Crippen LogP contribution in [0.2, 0.25) is 0 Å². The molecular weight excluding hydrogens is 682 g/mol. The van der Waals surface area contributed by atoms with E-state index in [2.05, 4.69) is 32.9 Å². The summed E-state index contributed by atoms with van der Waals surface area (Å²) in [6, 6.07) is 0. The Morgan fingerprint density at radius 3 is 1.62 bits per heavy atom. The van der Waals surface area contributed by atoms with Crippen molar-refractivity contribution >= 4 is 17.7 Å². The number of hydrogen-bond donors (Lipinski definition) is 1. The van der Waals surface area contributed by atoms with E-state index in [1.165, 1.54) is 0 Å². The summed E-state index contributed by atoms with van der Waals surface area (Å²) in [4.78, 5) is 53.1. The highest BCUT2D eigenvalue weighted by Gasteiger charge is 2.71. The van der Waals surface area contributed by atoms with E-state index in [-0.39, 0.29) is 67.3 Å². The van der Waals surface area contributed by atoms with Gasteiger partial charge in [0, 0.05) is 36.5 Å². The maximum Gasteiger partial charge on any atom is 0.335 e. The molecule has 10 rings (SSSR count). The Kier molecular flexibility index (Phi) is 9.82. The van der Waals surface area contributed by atoms with Crippen molar-refractivity contribution in [2.75, 3.05) is 13.2 Å². The molecule has 0 radical (unpaired) electrons. The van der Waals surface area contributed by atoms with Gasteiger partial charge < -0.3 is 38.4 Å². The van der Waals surface area contributed by atoms with Crippen molar-refractivity contribution in [3.8, 4) is 0 Å². The fourth-order valence-electron chi connectivity index (χ4n) is 10.9. The van der Waals surface area contributed by atoms with Crippen LogP contribution in [0.15, 0.2) is 5.16 Å². The minimum absolute atomic E-state index is 0.0550. The highest BCUT2D eigenvalue weighted by atomic mass is 17.3. The van der Waals surface area contributed by atoms with Gasteiger partial charge in [0.1, 0.15) is 5.71 Å². The van der Waals surface area contributed by atoms with Gasteiger partial charge in [-0.25, -0.2) is 24.3 Å². The molecule has 0 aromatic carbocycles. The Morgan fingerprint density at radius 2 is 1.15 bits per heavy atom. The molecule has 0 aromatic rings. The van der Waals surface area contributed by atoms with Crippen LogP contribution in [0.5, 0.6) is 0 Å². The zero-order valence-corrected chi connectivity index (χ0v) is 31.1. The molecule has 0 aromatic heterocycles. The number of aliphatic carboxylic acids is 1. The number of carboxylic acids is 1. The van der Waals surface area contributed by atoms with Crippen LogP contribution in [0.25, 0.3) is 0 Å². The van der Waals surface area contributed by atoms with Gasteiger partial charge in [0.05, 0.1) is 26.1 Å². The Labute approximate surface area is 304 Å². The molecule has 8 aliphatic heterocycles. The third-order valence-electron chi connectivity index (χ3n) is 13.8. The van der Waals surface area contributed by atoms with E-state index in [4.69, 9.17) is 57.9 Å². The molecule has 15 heteroatoms. The lowest BCUT2D eigenvalue weighted by Crippen LogP contribution is -2.70. The van der Waals surface area contributed by atoms with Crippen LogP contribution in [0.4, 0.5) is 0 Å². The third kappa shape index (κ3) is 6.15. The molecule has 10 fully saturated rings. The summed E-state index contributed by atoms with van der Waals surface area (Å²) in [6.45, 7) is 12.3. The minimum Gasteiger partial charge on any atom is -0.481 e. The maximum absolute atomic E-state index is 12.4. The fraction of sp³-hybridized carbons (Fsp3) is 0.919. The highest BCUT2D eigenvalue weighted by molar-refractivity contribution is 5.87. The Morgan fingerprint density at radius 1 is 0.673 bits per heavy atom. The monoisotopic (exact) mass is 737 g/mol. The SMILES string of the molecule is C[C@@H]1[C@H](OCC(CO[C@H]2O[C@@H]3O[C@@]4(C)CC[C@H]5[C@H](C)CC[C@@H]([C@H]2C)[C@@]35OO4)=NOC(=O)CCC(=O)O)O[C@H]2O[C@]3(C)CC[C@@H]4[C@@H](C)CC[C@H]1[C@]24OO3. The van der Waals surface area contributed by atoms with E-state index in [0.29, 0.717) is 24.7 Å². The number of rotatable bonds is 10. The standard InChI is InChI=1S/C37H55NO14/c1-19-7-9-26-21(3)30(44-32-36(26)24(19)13-15-34(5,46-32)49-51-36)42-17-23(38-48-29(41)12-11-28(39)40)18-43-31-22(4)27-10-8-20(2)25-14-16-35(6)47-33(45-31)37(25,27)52-50-35/h19-22,24-27,30-33H,7-18H2,1-6H3,(H,39,40)/t19-,20+,21-,22+,24+,25-,26+,27-,30+,31-,32-,33+,34-,35+,36-,37+. The predicted molar refractivity (Wildman–Crippen MR) is 176 cm³/mol. The summed E-state index contributed by atoms with van der Waals surface area (Å²) >= 11 is 0. The molecular formula is C37H55NO14. The smallest absolute Gasteiger partial charge is 0.335 e. The number of nitrogens with zero attached hydrogens (tertiary/aromatic N) is 1. The van der Waals surface area contributed by atoms with E-state index >= 15 is 0 Å². The fourth-order valence-corrected chi connectivity index (χ4v) is 10.9. The second-order valence-corrected chi connectivity index (χ2v) is 17.2. The van der Waals surface area contributed by atoms with Crippen LogP contribution < -0.4 is 0 Å². The van der Waals surface area contributed by atoms with Gasteiger partial charge >= 0.3 is 11.9 Å². The largest absolute Gasteiger partial charge is 0.481 e. The van der Waals surface area contributed by atoms with Crippen LogP contribution in [0.3, 0.4) is 0 Å². The molecule has 15 nitrogen and oxygen atoms in total. The predicted octanol–water partition coefficient (Wildman–Crippen LogP) is 5.20. The van der Waals surface area contributed by atoms with Gasteiger partial charge in [-0.1, -0.05) is 32.9 Å². The summed E-state index contributed by atoms with van der Waals surface area (Å²) in [7, 11) is 0. The van der Waals surface area contributed by atoms with Gasteiger partial charge in [-0.2, -0.15) is 0 Å². The Bertz CT molecular complexity index is 1330. The zero-order valence-electron chi connectivity index (χ0n) is 31.1. The maximum atomic E-state index is 12.4. The molecule has 4 bridgehead atoms. The molecule has 0 unspecified atom stereocenters. The highest BCUT2D eigenvalue weighted by Crippen LogP contribution is 2.62. The quantitative estimate of drug-likeness (QED) is 0.134. The molecule has 292 valence electrons. The molecule has 2 saturated carbocycles. The topological polar surface area (TPSA) is 168 Å². The molecule has 10 aliphatic rings. The third-order valence-corrected chi connectivity index (χ3v) is 13.8. The van der Waals surface area contributed by atoms with Crippen LogP contribution in [-0.2, 0) is 62.4 Å². The lowest BCUT2D eigenvalue weighted by Gasteiger charge is -2.60. The number of carbonyl (C=O) groups is 2. The van der Waals surface area contributed by atoms with Crippen molar-refractivity contribution in [2.24, 2.45) is 52.5 Å². The Hall–Kier alpha value is -1.79. The summed E-state index contributed by atoms with van der Waals surface area (Å²) < 4.78 is 39.0. The first-order chi connectivity index (χ1) is 24.8. The number of hydrogen-bond acceptors (Lipinski definition) is 14. The van der Waals surface area contributed by atoms with Gasteiger partial charge in [-0.15, -0.1) is 0 Å². The molecule has 2 spiro atoms. The second-order valence-electron chi connectivity index (χ2n) is 17.2. The van der Waals surface area contributed by atoms with Crippen LogP contribution in [0, 0.1) is 47.3 Å². The van der Waals surface area contributed by atoms with Crippen molar-refractivity contribution in [3.63, 3.8) is 0 Å². The molecule has 8 saturated heterocycles. The van der Waals surface area contributed by atoms with Crippen molar-refractivity contribution < 1.29 is 67.5 Å². The van der Waals surface area contributed by atoms with Gasteiger partial charge in [0.2, 0.25) is 11.6 Å². The van der Waals surface area contributed by atoms with Crippen LogP contribution >= 0.6 is 0 Å². The molecule has 1 N–H and O–H groups in total. The molecule has 8 heterocycles. The zero-order chi connectivity index (χ0) is 36.6.